The molecule has 1 atom stereocenters. The molecule has 0 aliphatic carbocycles. The zero-order valence-corrected chi connectivity index (χ0v) is 11.7. The SMILES string of the molecule is COC(=O)C(CSc1ccc(CO)cc1)NC(C)=O. The summed E-state index contributed by atoms with van der Waals surface area (Å²) < 4.78 is 4.64. The van der Waals surface area contributed by atoms with Gasteiger partial charge in [0.15, 0.2) is 0 Å². The largest absolute Gasteiger partial charge is 0.467 e. The van der Waals surface area contributed by atoms with Crippen LogP contribution >= 0.6 is 11.8 Å². The van der Waals surface area contributed by atoms with Crippen molar-refractivity contribution in [3.63, 3.8) is 0 Å². The van der Waals surface area contributed by atoms with Gasteiger partial charge in [0.05, 0.1) is 13.7 Å². The quantitative estimate of drug-likeness (QED) is 0.600. The topological polar surface area (TPSA) is 75.6 Å². The molecule has 0 radical (unpaired) electrons. The lowest BCUT2D eigenvalue weighted by molar-refractivity contribution is -0.144. The Morgan fingerprint density at radius 2 is 2.00 bits per heavy atom. The van der Waals surface area contributed by atoms with Gasteiger partial charge in [0.2, 0.25) is 5.91 Å². The molecule has 0 saturated carbocycles. The molecular weight excluding hydrogens is 266 g/mol. The Bertz CT molecular complexity index is 433. The summed E-state index contributed by atoms with van der Waals surface area (Å²) in [6, 6.07) is 6.68. The first-order valence-electron chi connectivity index (χ1n) is 5.74. The second kappa shape index (κ2) is 7.81. The maximum absolute atomic E-state index is 11.5. The van der Waals surface area contributed by atoms with Crippen LogP contribution in [0.2, 0.25) is 0 Å². The molecule has 5 nitrogen and oxygen atoms in total. The summed E-state index contributed by atoms with van der Waals surface area (Å²) in [5, 5.41) is 11.5. The van der Waals surface area contributed by atoms with E-state index in [1.807, 2.05) is 24.3 Å². The van der Waals surface area contributed by atoms with Crippen molar-refractivity contribution in [1.82, 2.24) is 5.32 Å². The Kier molecular flexibility index (Phi) is 6.38. The van der Waals surface area contributed by atoms with E-state index in [0.29, 0.717) is 5.75 Å². The molecule has 1 aromatic rings. The van der Waals surface area contributed by atoms with E-state index < -0.39 is 12.0 Å². The fourth-order valence-electron chi connectivity index (χ4n) is 1.43. The minimum Gasteiger partial charge on any atom is -0.467 e. The van der Waals surface area contributed by atoms with E-state index in [1.165, 1.54) is 25.8 Å². The summed E-state index contributed by atoms with van der Waals surface area (Å²) in [7, 11) is 1.29. The summed E-state index contributed by atoms with van der Waals surface area (Å²) in [6.45, 7) is 1.36. The summed E-state index contributed by atoms with van der Waals surface area (Å²) in [5.41, 5.74) is 0.829. The minimum atomic E-state index is -0.662. The highest BCUT2D eigenvalue weighted by Gasteiger charge is 2.20. The maximum Gasteiger partial charge on any atom is 0.329 e. The molecule has 104 valence electrons. The number of ether oxygens (including phenoxy) is 1. The Hall–Kier alpha value is -1.53. The van der Waals surface area contributed by atoms with E-state index in [2.05, 4.69) is 10.1 Å². The third-order valence-electron chi connectivity index (χ3n) is 2.39. The average Bonchev–Trinajstić information content (AvgIpc) is 2.42. The predicted octanol–water partition coefficient (Wildman–Crippen LogP) is 0.949. The highest BCUT2D eigenvalue weighted by atomic mass is 32.2. The predicted molar refractivity (Wildman–Crippen MR) is 72.7 cm³/mol. The highest BCUT2D eigenvalue weighted by Crippen LogP contribution is 2.19. The zero-order chi connectivity index (χ0) is 14.3. The summed E-state index contributed by atoms with van der Waals surface area (Å²) in [5.74, 6) is -0.341. The van der Waals surface area contributed by atoms with Gasteiger partial charge >= 0.3 is 5.97 Å². The molecule has 0 aromatic heterocycles. The Labute approximate surface area is 116 Å². The van der Waals surface area contributed by atoms with E-state index in [0.717, 1.165) is 10.5 Å². The van der Waals surface area contributed by atoms with E-state index in [4.69, 9.17) is 5.11 Å². The Morgan fingerprint density at radius 1 is 1.37 bits per heavy atom. The van der Waals surface area contributed by atoms with Gasteiger partial charge in [0.1, 0.15) is 6.04 Å². The molecule has 1 aromatic carbocycles. The smallest absolute Gasteiger partial charge is 0.329 e. The number of nitrogens with one attached hydrogen (secondary N) is 1. The van der Waals surface area contributed by atoms with Gasteiger partial charge in [-0.15, -0.1) is 11.8 Å². The van der Waals surface area contributed by atoms with Crippen LogP contribution in [0.15, 0.2) is 29.2 Å². The van der Waals surface area contributed by atoms with Crippen molar-refractivity contribution in [1.29, 1.82) is 0 Å². The lowest BCUT2D eigenvalue weighted by Gasteiger charge is -2.14. The van der Waals surface area contributed by atoms with Crippen LogP contribution in [0.4, 0.5) is 0 Å². The fraction of sp³-hybridized carbons (Fsp3) is 0.385. The van der Waals surface area contributed by atoms with Crippen LogP contribution in [-0.2, 0) is 20.9 Å². The summed E-state index contributed by atoms with van der Waals surface area (Å²) >= 11 is 1.44. The first-order valence-corrected chi connectivity index (χ1v) is 6.73. The van der Waals surface area contributed by atoms with Crippen molar-refractivity contribution in [2.45, 2.75) is 24.5 Å². The first-order chi connectivity index (χ1) is 9.06. The van der Waals surface area contributed by atoms with Crippen LogP contribution in [0.25, 0.3) is 0 Å². The monoisotopic (exact) mass is 283 g/mol. The van der Waals surface area contributed by atoms with E-state index in [9.17, 15) is 9.59 Å². The number of esters is 1. The number of aliphatic hydroxyl groups excluding tert-OH is 1. The molecular formula is C13H17NO4S. The van der Waals surface area contributed by atoms with Crippen LogP contribution in [0.3, 0.4) is 0 Å². The molecule has 0 saturated heterocycles. The number of rotatable bonds is 6. The molecule has 0 aliphatic heterocycles. The molecule has 1 rings (SSSR count). The second-order valence-electron chi connectivity index (χ2n) is 3.89. The normalized spacial score (nSPS) is 11.7. The van der Waals surface area contributed by atoms with Crippen molar-refractivity contribution >= 4 is 23.6 Å². The van der Waals surface area contributed by atoms with Crippen molar-refractivity contribution in [2.75, 3.05) is 12.9 Å². The zero-order valence-electron chi connectivity index (χ0n) is 10.9. The van der Waals surface area contributed by atoms with E-state index in [1.54, 1.807) is 0 Å². The van der Waals surface area contributed by atoms with Crippen LogP contribution in [0.1, 0.15) is 12.5 Å². The standard InChI is InChI=1S/C13H17NO4S/c1-9(16)14-12(13(17)18-2)8-19-11-5-3-10(7-15)4-6-11/h3-6,12,15H,7-8H2,1-2H3,(H,14,16). The lowest BCUT2D eigenvalue weighted by atomic mass is 10.2. The molecule has 0 heterocycles. The van der Waals surface area contributed by atoms with Gasteiger partial charge in [-0.25, -0.2) is 4.79 Å². The van der Waals surface area contributed by atoms with Crippen molar-refractivity contribution in [3.05, 3.63) is 29.8 Å². The third kappa shape index (κ3) is 5.32. The van der Waals surface area contributed by atoms with Gasteiger partial charge < -0.3 is 15.2 Å². The number of hydrogen-bond donors (Lipinski definition) is 2. The number of benzene rings is 1. The minimum absolute atomic E-state index is 0.00161. The maximum atomic E-state index is 11.5. The third-order valence-corrected chi connectivity index (χ3v) is 3.49. The van der Waals surface area contributed by atoms with Gasteiger partial charge in [-0.1, -0.05) is 12.1 Å². The summed E-state index contributed by atoms with van der Waals surface area (Å²) in [6.07, 6.45) is 0. The molecule has 0 aliphatic rings. The molecule has 1 amide bonds. The summed E-state index contributed by atoms with van der Waals surface area (Å²) in [4.78, 5) is 23.5. The van der Waals surface area contributed by atoms with Crippen molar-refractivity contribution < 1.29 is 19.4 Å². The van der Waals surface area contributed by atoms with Gasteiger partial charge in [0.25, 0.3) is 0 Å². The van der Waals surface area contributed by atoms with Crippen LogP contribution < -0.4 is 5.32 Å². The van der Waals surface area contributed by atoms with Crippen LogP contribution in [-0.4, -0.2) is 35.9 Å². The Balaban J connectivity index is 2.59. The first kappa shape index (κ1) is 15.5. The van der Waals surface area contributed by atoms with Gasteiger partial charge in [-0.2, -0.15) is 0 Å². The van der Waals surface area contributed by atoms with E-state index >= 15 is 0 Å². The van der Waals surface area contributed by atoms with Crippen LogP contribution in [0.5, 0.6) is 0 Å². The Morgan fingerprint density at radius 3 is 2.47 bits per heavy atom. The molecule has 6 heteroatoms. The molecule has 1 unspecified atom stereocenters. The second-order valence-corrected chi connectivity index (χ2v) is 4.98. The van der Waals surface area contributed by atoms with E-state index in [-0.39, 0.29) is 12.5 Å². The number of hydrogen-bond acceptors (Lipinski definition) is 5. The molecule has 19 heavy (non-hydrogen) atoms. The number of thioether (sulfide) groups is 1. The highest BCUT2D eigenvalue weighted by molar-refractivity contribution is 7.99. The number of amides is 1. The van der Waals surface area contributed by atoms with Gasteiger partial charge in [0, 0.05) is 17.6 Å². The van der Waals surface area contributed by atoms with Crippen molar-refractivity contribution in [2.24, 2.45) is 0 Å². The number of carbonyl (C=O) groups excluding carboxylic acids is 2. The molecule has 0 spiro atoms. The van der Waals surface area contributed by atoms with Gasteiger partial charge in [-0.05, 0) is 17.7 Å². The number of carbonyl (C=O) groups is 2. The molecule has 0 fully saturated rings. The molecule has 2 N–H and O–H groups in total. The lowest BCUT2D eigenvalue weighted by Crippen LogP contribution is -2.42. The fourth-order valence-corrected chi connectivity index (χ4v) is 2.33. The number of methoxy groups -OCH3 is 1. The molecule has 0 bridgehead atoms. The number of aliphatic hydroxyl groups is 1. The average molecular weight is 283 g/mol. The van der Waals surface area contributed by atoms with Crippen molar-refractivity contribution in [3.8, 4) is 0 Å². The van der Waals surface area contributed by atoms with Gasteiger partial charge in [-0.3, -0.25) is 4.79 Å². The van der Waals surface area contributed by atoms with Crippen LogP contribution in [0, 0.1) is 0 Å².